The second-order valence-corrected chi connectivity index (χ2v) is 6.24. The molecule has 0 aromatic heterocycles. The molecule has 0 radical (unpaired) electrons. The van der Waals surface area contributed by atoms with Crippen LogP contribution in [0, 0.1) is 0 Å². The van der Waals surface area contributed by atoms with Crippen LogP contribution in [-0.4, -0.2) is 37.3 Å². The summed E-state index contributed by atoms with van der Waals surface area (Å²) in [5.41, 5.74) is 1.15. The molecule has 0 amide bonds. The van der Waals surface area contributed by atoms with E-state index in [4.69, 9.17) is 14.4 Å². The van der Waals surface area contributed by atoms with Gasteiger partial charge in [-0.3, -0.25) is 9.36 Å². The van der Waals surface area contributed by atoms with Crippen molar-refractivity contribution in [1.29, 1.82) is 0 Å². The number of Topliss-reactive ketones (excluding diaryl/α,β-unsaturated/α-hetero) is 1. The highest BCUT2D eigenvalue weighted by Crippen LogP contribution is 2.47. The van der Waals surface area contributed by atoms with Crippen LogP contribution in [0.1, 0.15) is 17.3 Å². The summed E-state index contributed by atoms with van der Waals surface area (Å²) in [6, 6.07) is 6.59. The van der Waals surface area contributed by atoms with Crippen molar-refractivity contribution in [2.24, 2.45) is 0 Å². The third-order valence-electron chi connectivity index (χ3n) is 2.56. The molecule has 0 aliphatic heterocycles. The highest BCUT2D eigenvalue weighted by atomic mass is 31.2. The summed E-state index contributed by atoms with van der Waals surface area (Å²) in [6.45, 7) is 5.46. The molecule has 7 heteroatoms. The van der Waals surface area contributed by atoms with Gasteiger partial charge in [0, 0.05) is 17.1 Å². The Morgan fingerprint density at radius 2 is 2.00 bits per heavy atom. The number of aliphatic hydroxyl groups excluding tert-OH is 1. The predicted octanol–water partition coefficient (Wildman–Crippen LogP) is 2.66. The fourth-order valence-electron chi connectivity index (χ4n) is 1.49. The number of anilines is 1. The van der Waals surface area contributed by atoms with E-state index in [2.05, 4.69) is 11.7 Å². The van der Waals surface area contributed by atoms with Crippen molar-refractivity contribution in [3.8, 4) is 0 Å². The molecule has 1 unspecified atom stereocenters. The highest BCUT2D eigenvalue weighted by molar-refractivity contribution is 7.63. The number of nitrogens with one attached hydrogen (secondary N) is 1. The number of hydrogen-bond acceptors (Lipinski definition) is 5. The maximum Gasteiger partial charge on any atom is 0.316 e. The summed E-state index contributed by atoms with van der Waals surface area (Å²) >= 11 is 0. The lowest BCUT2D eigenvalue weighted by Crippen LogP contribution is -2.08. The molecule has 0 spiro atoms. The van der Waals surface area contributed by atoms with Crippen molar-refractivity contribution in [2.75, 3.05) is 31.5 Å². The number of ether oxygens (including phenoxy) is 1. The zero-order valence-electron chi connectivity index (χ0n) is 11.9. The van der Waals surface area contributed by atoms with Gasteiger partial charge in [0.15, 0.2) is 5.78 Å². The van der Waals surface area contributed by atoms with Gasteiger partial charge in [0.25, 0.3) is 0 Å². The Morgan fingerprint density at radius 1 is 1.33 bits per heavy atom. The Bertz CT molecular complexity index is 515. The molecule has 21 heavy (non-hydrogen) atoms. The Morgan fingerprint density at radius 3 is 2.52 bits per heavy atom. The molecule has 1 aromatic rings. The normalized spacial score (nSPS) is 13.4. The number of rotatable bonds is 10. The quantitative estimate of drug-likeness (QED) is 0.392. The van der Waals surface area contributed by atoms with Crippen LogP contribution in [0.15, 0.2) is 36.7 Å². The Hall–Kier alpha value is -1.46. The van der Waals surface area contributed by atoms with E-state index in [0.29, 0.717) is 11.3 Å². The molecule has 0 aliphatic rings. The lowest BCUT2D eigenvalue weighted by molar-refractivity contribution is 0.0717. The summed E-state index contributed by atoms with van der Waals surface area (Å²) in [7, 11) is -3.22. The van der Waals surface area contributed by atoms with Gasteiger partial charge in [0.05, 0.1) is 26.4 Å². The van der Waals surface area contributed by atoms with E-state index in [-0.39, 0.29) is 32.2 Å². The molecular weight excluding hydrogens is 293 g/mol. The van der Waals surface area contributed by atoms with E-state index in [0.717, 1.165) is 0 Å². The van der Waals surface area contributed by atoms with Crippen LogP contribution in [0.3, 0.4) is 0 Å². The maximum atomic E-state index is 12.4. The van der Waals surface area contributed by atoms with Gasteiger partial charge in [-0.15, -0.1) is 0 Å². The second kappa shape index (κ2) is 8.74. The SMILES string of the molecule is C=CP(=O)(Nc1ccc(C(C)=O)cc1)OCCOCCO. The molecular formula is C14H20NO5P. The topological polar surface area (TPSA) is 84.9 Å². The fourth-order valence-corrected chi connectivity index (χ4v) is 2.60. The summed E-state index contributed by atoms with van der Waals surface area (Å²) < 4.78 is 22.7. The third kappa shape index (κ3) is 6.23. The molecule has 0 aliphatic carbocycles. The summed E-state index contributed by atoms with van der Waals surface area (Å²) in [5, 5.41) is 11.3. The van der Waals surface area contributed by atoms with Crippen LogP contribution in [0.2, 0.25) is 0 Å². The summed E-state index contributed by atoms with van der Waals surface area (Å²) in [4.78, 5) is 11.2. The molecule has 0 saturated carbocycles. The van der Waals surface area contributed by atoms with Crippen molar-refractivity contribution in [1.82, 2.24) is 0 Å². The van der Waals surface area contributed by atoms with Crippen molar-refractivity contribution in [3.05, 3.63) is 42.2 Å². The Labute approximate surface area is 124 Å². The predicted molar refractivity (Wildman–Crippen MR) is 81.7 cm³/mol. The number of carbonyl (C=O) groups excluding carboxylic acids is 1. The van der Waals surface area contributed by atoms with E-state index in [9.17, 15) is 9.36 Å². The van der Waals surface area contributed by atoms with Crippen LogP contribution in [-0.2, 0) is 13.8 Å². The largest absolute Gasteiger partial charge is 0.394 e. The van der Waals surface area contributed by atoms with Gasteiger partial charge in [-0.1, -0.05) is 6.58 Å². The lowest BCUT2D eigenvalue weighted by Gasteiger charge is -2.17. The zero-order chi connectivity index (χ0) is 15.7. The van der Waals surface area contributed by atoms with Crippen molar-refractivity contribution in [2.45, 2.75) is 6.92 Å². The smallest absolute Gasteiger partial charge is 0.316 e. The van der Waals surface area contributed by atoms with Crippen molar-refractivity contribution in [3.63, 3.8) is 0 Å². The van der Waals surface area contributed by atoms with Gasteiger partial charge in [-0.25, -0.2) is 0 Å². The first-order valence-corrected chi connectivity index (χ1v) is 8.16. The molecule has 0 saturated heterocycles. The standard InChI is InChI=1S/C14H20NO5P/c1-3-21(18,20-11-10-19-9-8-16)15-14-6-4-13(5-7-14)12(2)17/h3-7,16H,1,8-11H2,2H3,(H,15,18). The van der Waals surface area contributed by atoms with Crippen LogP contribution >= 0.6 is 7.52 Å². The van der Waals surface area contributed by atoms with Crippen LogP contribution in [0.25, 0.3) is 0 Å². The van der Waals surface area contributed by atoms with Gasteiger partial charge in [0.1, 0.15) is 0 Å². The van der Waals surface area contributed by atoms with E-state index < -0.39 is 7.52 Å². The average Bonchev–Trinajstić information content (AvgIpc) is 2.47. The van der Waals surface area contributed by atoms with Crippen LogP contribution in [0.5, 0.6) is 0 Å². The highest BCUT2D eigenvalue weighted by Gasteiger charge is 2.18. The van der Waals surface area contributed by atoms with E-state index in [1.54, 1.807) is 24.3 Å². The molecule has 1 atom stereocenters. The van der Waals surface area contributed by atoms with E-state index in [1.807, 2.05) is 0 Å². The third-order valence-corrected chi connectivity index (χ3v) is 4.18. The molecule has 116 valence electrons. The molecule has 0 fully saturated rings. The minimum Gasteiger partial charge on any atom is -0.394 e. The van der Waals surface area contributed by atoms with Crippen LogP contribution in [0.4, 0.5) is 5.69 Å². The van der Waals surface area contributed by atoms with Gasteiger partial charge < -0.3 is 19.5 Å². The maximum absolute atomic E-state index is 12.4. The van der Waals surface area contributed by atoms with Gasteiger partial charge in [0.2, 0.25) is 0 Å². The Balaban J connectivity index is 2.57. The first-order valence-electron chi connectivity index (χ1n) is 6.46. The van der Waals surface area contributed by atoms with Gasteiger partial charge in [-0.05, 0) is 31.2 Å². The molecule has 0 heterocycles. The number of ketones is 1. The second-order valence-electron chi connectivity index (χ2n) is 4.19. The molecule has 2 N–H and O–H groups in total. The first kappa shape index (κ1) is 17.6. The summed E-state index contributed by atoms with van der Waals surface area (Å²) in [6.07, 6.45) is 0. The fraction of sp³-hybridized carbons (Fsp3) is 0.357. The number of carbonyl (C=O) groups is 1. The monoisotopic (exact) mass is 313 g/mol. The molecule has 0 bridgehead atoms. The number of hydrogen-bond donors (Lipinski definition) is 2. The number of benzene rings is 1. The van der Waals surface area contributed by atoms with Gasteiger partial charge in [-0.2, -0.15) is 0 Å². The van der Waals surface area contributed by atoms with E-state index >= 15 is 0 Å². The Kier molecular flexibility index (Phi) is 7.32. The van der Waals surface area contributed by atoms with Crippen molar-refractivity contribution >= 4 is 19.0 Å². The van der Waals surface area contributed by atoms with E-state index in [1.165, 1.54) is 12.7 Å². The zero-order valence-corrected chi connectivity index (χ0v) is 12.8. The average molecular weight is 313 g/mol. The minimum atomic E-state index is -3.22. The molecule has 1 aromatic carbocycles. The van der Waals surface area contributed by atoms with Gasteiger partial charge >= 0.3 is 7.52 Å². The first-order chi connectivity index (χ1) is 10.0. The van der Waals surface area contributed by atoms with Crippen molar-refractivity contribution < 1.29 is 23.7 Å². The molecule has 1 rings (SSSR count). The molecule has 6 nitrogen and oxygen atoms in total. The number of aliphatic hydroxyl groups is 1. The lowest BCUT2D eigenvalue weighted by atomic mass is 10.1. The summed E-state index contributed by atoms with van der Waals surface area (Å²) in [5.74, 6) is 1.18. The van der Waals surface area contributed by atoms with Crippen LogP contribution < -0.4 is 5.09 Å². The minimum absolute atomic E-state index is 0.0364.